The number of hydrogen-bond donors (Lipinski definition) is 1. The molecule has 2 aromatic carbocycles. The molecule has 1 heterocycles. The molecule has 0 saturated carbocycles. The maximum atomic E-state index is 14.1. The van der Waals surface area contributed by atoms with E-state index in [1.165, 1.54) is 0 Å². The van der Waals surface area contributed by atoms with E-state index < -0.39 is 22.6 Å². The zero-order valence-electron chi connectivity index (χ0n) is 20.5. The van der Waals surface area contributed by atoms with Crippen LogP contribution in [-0.2, 0) is 20.8 Å². The lowest BCUT2D eigenvalue weighted by Gasteiger charge is -2.51. The number of hydrogen-bond acceptors (Lipinski definition) is 3. The second-order valence-electron chi connectivity index (χ2n) is 9.86. The highest BCUT2D eigenvalue weighted by atomic mass is 35.5. The minimum Gasteiger partial charge on any atom is -0.616 e. The van der Waals surface area contributed by atoms with E-state index in [1.54, 1.807) is 25.1 Å². The lowest BCUT2D eigenvalue weighted by Crippen LogP contribution is -2.57. The van der Waals surface area contributed by atoms with Crippen molar-refractivity contribution in [3.63, 3.8) is 0 Å². The van der Waals surface area contributed by atoms with Gasteiger partial charge in [-0.3, -0.25) is 9.59 Å². The number of benzene rings is 2. The van der Waals surface area contributed by atoms with E-state index in [4.69, 9.17) is 23.2 Å². The second-order valence-corrected chi connectivity index (χ2v) is 12.8. The average Bonchev–Trinajstić information content (AvgIpc) is 2.79. The van der Waals surface area contributed by atoms with Gasteiger partial charge in [-0.25, -0.2) is 0 Å². The summed E-state index contributed by atoms with van der Waals surface area (Å²) in [6.45, 7) is 7.52. The zero-order valence-corrected chi connectivity index (χ0v) is 22.9. The van der Waals surface area contributed by atoms with Crippen molar-refractivity contribution >= 4 is 46.3 Å². The maximum absolute atomic E-state index is 14.1. The molecule has 0 spiro atoms. The fourth-order valence-electron chi connectivity index (χ4n) is 5.06. The topological polar surface area (TPSA) is 80.7 Å². The Balaban J connectivity index is 2.22. The Hall–Kier alpha value is -1.73. The fraction of sp³-hybridized carbons (Fsp3) is 0.481. The van der Waals surface area contributed by atoms with Crippen molar-refractivity contribution in [2.24, 2.45) is 5.41 Å². The molecule has 1 aliphatic rings. The van der Waals surface area contributed by atoms with Gasteiger partial charge in [0.05, 0.1) is 23.9 Å². The standard InChI is InChI=1S/C27H33Cl2NO4S/c1-5-22(16-35(34)17(2)3)30-25(18-9-11-20(28)12-10-18)23(19-7-6-8-21(29)13-19)14-27(4,26(30)33)15-24(31)32/h6-13,17,22-23,25H,5,14-16H2,1-4H3,(H,31,32)/t22-,23-,25-,27-,35+/m1/s1. The lowest BCUT2D eigenvalue weighted by atomic mass is 9.67. The van der Waals surface area contributed by atoms with Crippen LogP contribution in [0.1, 0.15) is 70.0 Å². The van der Waals surface area contributed by atoms with Gasteiger partial charge in [-0.1, -0.05) is 61.3 Å². The first-order valence-corrected chi connectivity index (χ1v) is 14.0. The largest absolute Gasteiger partial charge is 0.616 e. The number of carboxylic acids is 1. The Morgan fingerprint density at radius 1 is 1.17 bits per heavy atom. The van der Waals surface area contributed by atoms with Gasteiger partial charge in [-0.15, -0.1) is 0 Å². The summed E-state index contributed by atoms with van der Waals surface area (Å²) in [5.41, 5.74) is 0.722. The second kappa shape index (κ2) is 11.5. The Morgan fingerprint density at radius 3 is 2.37 bits per heavy atom. The van der Waals surface area contributed by atoms with Gasteiger partial charge >= 0.3 is 5.97 Å². The molecule has 1 fully saturated rings. The highest BCUT2D eigenvalue weighted by Gasteiger charge is 2.52. The molecule has 2 aromatic rings. The first-order chi connectivity index (χ1) is 16.5. The van der Waals surface area contributed by atoms with Gasteiger partial charge in [0.25, 0.3) is 0 Å². The van der Waals surface area contributed by atoms with Gasteiger partial charge in [-0.05, 0) is 73.3 Å². The summed E-state index contributed by atoms with van der Waals surface area (Å²) >= 11 is 11.4. The molecule has 0 radical (unpaired) electrons. The van der Waals surface area contributed by atoms with Crippen LogP contribution in [0.25, 0.3) is 0 Å². The molecule has 0 bridgehead atoms. The van der Waals surface area contributed by atoms with E-state index in [0.29, 0.717) is 28.6 Å². The van der Waals surface area contributed by atoms with E-state index in [9.17, 15) is 19.2 Å². The molecule has 1 amide bonds. The van der Waals surface area contributed by atoms with Crippen molar-refractivity contribution in [3.8, 4) is 0 Å². The van der Waals surface area contributed by atoms with E-state index in [2.05, 4.69) is 0 Å². The smallest absolute Gasteiger partial charge is 0.304 e. The molecule has 35 heavy (non-hydrogen) atoms. The van der Waals surface area contributed by atoms with Crippen LogP contribution in [0.3, 0.4) is 0 Å². The number of rotatable bonds is 9. The van der Waals surface area contributed by atoms with Gasteiger partial charge in [0.2, 0.25) is 5.91 Å². The molecule has 8 heteroatoms. The Labute approximate surface area is 221 Å². The molecular formula is C27H33Cl2NO4S. The summed E-state index contributed by atoms with van der Waals surface area (Å²) in [6.07, 6.45) is 0.669. The minimum atomic E-state index is -1.14. The van der Waals surface area contributed by atoms with Crippen LogP contribution in [0, 0.1) is 5.41 Å². The molecule has 190 valence electrons. The molecule has 0 unspecified atom stereocenters. The highest BCUT2D eigenvalue weighted by molar-refractivity contribution is 7.92. The van der Waals surface area contributed by atoms with E-state index in [-0.39, 0.29) is 35.6 Å². The number of piperidine rings is 1. The Kier molecular flexibility index (Phi) is 9.19. The van der Waals surface area contributed by atoms with Gasteiger partial charge in [0.15, 0.2) is 0 Å². The van der Waals surface area contributed by atoms with Crippen LogP contribution < -0.4 is 0 Å². The average molecular weight is 539 g/mol. The van der Waals surface area contributed by atoms with Crippen molar-refractivity contribution in [3.05, 3.63) is 69.7 Å². The Morgan fingerprint density at radius 2 is 1.83 bits per heavy atom. The van der Waals surface area contributed by atoms with Crippen molar-refractivity contribution in [1.82, 2.24) is 4.90 Å². The molecule has 5 atom stereocenters. The summed E-state index contributed by atoms with van der Waals surface area (Å²) in [4.78, 5) is 27.8. The molecule has 5 nitrogen and oxygen atoms in total. The van der Waals surface area contributed by atoms with E-state index in [0.717, 1.165) is 11.1 Å². The quantitative estimate of drug-likeness (QED) is 0.371. The van der Waals surface area contributed by atoms with Crippen LogP contribution in [0.4, 0.5) is 0 Å². The van der Waals surface area contributed by atoms with Crippen LogP contribution in [0.15, 0.2) is 48.5 Å². The summed E-state index contributed by atoms with van der Waals surface area (Å²) in [5, 5.41) is 10.8. The number of carbonyl (C=O) groups excluding carboxylic acids is 1. The number of likely N-dealkylation sites (tertiary alicyclic amines) is 1. The number of aliphatic carboxylic acids is 1. The van der Waals surface area contributed by atoms with Gasteiger partial charge in [0.1, 0.15) is 11.0 Å². The number of carbonyl (C=O) groups is 2. The lowest BCUT2D eigenvalue weighted by molar-refractivity contribution is -0.160. The molecule has 1 N–H and O–H groups in total. The van der Waals surface area contributed by atoms with Crippen molar-refractivity contribution in [2.45, 2.75) is 70.2 Å². The minimum absolute atomic E-state index is 0.0490. The fourth-order valence-corrected chi connectivity index (χ4v) is 6.54. The van der Waals surface area contributed by atoms with Crippen molar-refractivity contribution < 1.29 is 19.2 Å². The molecular weight excluding hydrogens is 505 g/mol. The van der Waals surface area contributed by atoms with Gasteiger partial charge in [0, 0.05) is 16.0 Å². The van der Waals surface area contributed by atoms with Gasteiger partial charge < -0.3 is 14.6 Å². The Bertz CT molecular complexity index is 1050. The highest BCUT2D eigenvalue weighted by Crippen LogP contribution is 2.52. The maximum Gasteiger partial charge on any atom is 0.304 e. The predicted octanol–water partition coefficient (Wildman–Crippen LogP) is 6.47. The number of amides is 1. The number of nitrogens with zero attached hydrogens (tertiary/aromatic N) is 1. The first kappa shape index (κ1) is 27.9. The summed E-state index contributed by atoms with van der Waals surface area (Å²) in [7, 11) is 0. The SMILES string of the molecule is CC[C@H](C[S@+]([O-])C(C)C)N1C(=O)[C@@](C)(CC(=O)O)C[C@H](c2cccc(Cl)c2)[C@H]1c1ccc(Cl)cc1. The monoisotopic (exact) mass is 537 g/mol. The third-order valence-electron chi connectivity index (χ3n) is 6.88. The van der Waals surface area contributed by atoms with Crippen LogP contribution in [0.5, 0.6) is 0 Å². The zero-order chi connectivity index (χ0) is 25.9. The summed E-state index contributed by atoms with van der Waals surface area (Å²) in [5.74, 6) is -1.12. The van der Waals surface area contributed by atoms with E-state index >= 15 is 0 Å². The number of carboxylic acid groups (broad SMARTS) is 1. The third kappa shape index (κ3) is 6.34. The molecule has 0 aromatic heterocycles. The van der Waals surface area contributed by atoms with Crippen molar-refractivity contribution in [2.75, 3.05) is 5.75 Å². The molecule has 3 rings (SSSR count). The third-order valence-corrected chi connectivity index (χ3v) is 9.13. The normalized spacial score (nSPS) is 24.5. The summed E-state index contributed by atoms with van der Waals surface area (Å²) < 4.78 is 12.9. The van der Waals surface area contributed by atoms with Crippen LogP contribution >= 0.6 is 23.2 Å². The predicted molar refractivity (Wildman–Crippen MR) is 142 cm³/mol. The van der Waals surface area contributed by atoms with Crippen LogP contribution in [-0.4, -0.2) is 43.5 Å². The van der Waals surface area contributed by atoms with Gasteiger partial charge in [-0.2, -0.15) is 0 Å². The van der Waals surface area contributed by atoms with Crippen LogP contribution in [0.2, 0.25) is 10.0 Å². The van der Waals surface area contributed by atoms with Crippen molar-refractivity contribution in [1.29, 1.82) is 0 Å². The number of halogens is 2. The molecule has 1 aliphatic heterocycles. The van der Waals surface area contributed by atoms with E-state index in [1.807, 2.05) is 56.0 Å². The molecule has 0 aliphatic carbocycles. The molecule has 1 saturated heterocycles. The first-order valence-electron chi connectivity index (χ1n) is 11.9. The summed E-state index contributed by atoms with van der Waals surface area (Å²) in [6, 6.07) is 14.3.